The van der Waals surface area contributed by atoms with E-state index in [0.717, 1.165) is 0 Å². The van der Waals surface area contributed by atoms with Gasteiger partial charge >= 0.3 is 0 Å². The van der Waals surface area contributed by atoms with Crippen LogP contribution in [0.1, 0.15) is 10.4 Å². The summed E-state index contributed by atoms with van der Waals surface area (Å²) in [5, 5.41) is 3.53. The van der Waals surface area contributed by atoms with Gasteiger partial charge in [-0.15, -0.1) is 0 Å². The topological polar surface area (TPSA) is 47.6 Å². The molecule has 0 saturated carbocycles. The van der Waals surface area contributed by atoms with Crippen LogP contribution in [0.3, 0.4) is 0 Å². The van der Waals surface area contributed by atoms with E-state index >= 15 is 0 Å². The lowest BCUT2D eigenvalue weighted by molar-refractivity contribution is 0.102. The Hall–Kier alpha value is -1.91. The van der Waals surface area contributed by atoms with Crippen molar-refractivity contribution in [1.29, 1.82) is 0 Å². The van der Waals surface area contributed by atoms with Crippen molar-refractivity contribution >= 4 is 34.8 Å². The van der Waals surface area contributed by atoms with Crippen LogP contribution in [-0.2, 0) is 0 Å². The molecule has 21 heavy (non-hydrogen) atoms. The third-order valence-electron chi connectivity index (χ3n) is 2.82. The Kier molecular flexibility index (Phi) is 4.94. The molecule has 2 aromatic carbocycles. The SMILES string of the molecule is COc1ccc(NC(=O)c2ccc(OC)c(Cl)c2)cc1Cl. The summed E-state index contributed by atoms with van der Waals surface area (Å²) in [5.41, 5.74) is 0.991. The molecule has 0 aromatic heterocycles. The summed E-state index contributed by atoms with van der Waals surface area (Å²) in [6, 6.07) is 9.81. The Bertz CT molecular complexity index is 674. The second-order valence-electron chi connectivity index (χ2n) is 4.15. The second-order valence-corrected chi connectivity index (χ2v) is 4.97. The Morgan fingerprint density at radius 1 is 0.952 bits per heavy atom. The van der Waals surface area contributed by atoms with Crippen LogP contribution in [0.25, 0.3) is 0 Å². The summed E-state index contributed by atoms with van der Waals surface area (Å²) in [6.45, 7) is 0. The Morgan fingerprint density at radius 2 is 1.52 bits per heavy atom. The Morgan fingerprint density at radius 3 is 2.05 bits per heavy atom. The van der Waals surface area contributed by atoms with Crippen molar-refractivity contribution < 1.29 is 14.3 Å². The molecule has 6 heteroatoms. The van der Waals surface area contributed by atoms with Gasteiger partial charge in [-0.05, 0) is 36.4 Å². The van der Waals surface area contributed by atoms with E-state index in [1.807, 2.05) is 0 Å². The predicted octanol–water partition coefficient (Wildman–Crippen LogP) is 4.26. The first-order valence-electron chi connectivity index (χ1n) is 6.03. The number of rotatable bonds is 4. The predicted molar refractivity (Wildman–Crippen MR) is 84.0 cm³/mol. The molecule has 0 unspecified atom stereocenters. The molecule has 0 aliphatic carbocycles. The van der Waals surface area contributed by atoms with Gasteiger partial charge in [0.15, 0.2) is 0 Å². The second kappa shape index (κ2) is 6.70. The molecule has 0 bridgehead atoms. The number of benzene rings is 2. The average Bonchev–Trinajstić information content (AvgIpc) is 2.47. The highest BCUT2D eigenvalue weighted by atomic mass is 35.5. The number of anilines is 1. The zero-order chi connectivity index (χ0) is 15.4. The first-order chi connectivity index (χ1) is 10.0. The van der Waals surface area contributed by atoms with E-state index in [-0.39, 0.29) is 5.91 Å². The van der Waals surface area contributed by atoms with E-state index in [9.17, 15) is 4.79 Å². The summed E-state index contributed by atoms with van der Waals surface area (Å²) in [4.78, 5) is 12.1. The van der Waals surface area contributed by atoms with Gasteiger partial charge < -0.3 is 14.8 Å². The van der Waals surface area contributed by atoms with Crippen molar-refractivity contribution in [1.82, 2.24) is 0 Å². The minimum atomic E-state index is -0.291. The lowest BCUT2D eigenvalue weighted by atomic mass is 10.2. The molecule has 1 amide bonds. The van der Waals surface area contributed by atoms with Crippen molar-refractivity contribution in [2.24, 2.45) is 0 Å². The Balaban J connectivity index is 2.18. The fourth-order valence-electron chi connectivity index (χ4n) is 1.76. The minimum Gasteiger partial charge on any atom is -0.495 e. The van der Waals surface area contributed by atoms with Gasteiger partial charge in [0, 0.05) is 11.3 Å². The molecule has 0 atom stereocenters. The summed E-state index contributed by atoms with van der Waals surface area (Å²) in [5.74, 6) is 0.767. The van der Waals surface area contributed by atoms with Crippen molar-refractivity contribution in [3.8, 4) is 11.5 Å². The van der Waals surface area contributed by atoms with Gasteiger partial charge in [0.2, 0.25) is 0 Å². The van der Waals surface area contributed by atoms with Crippen LogP contribution < -0.4 is 14.8 Å². The lowest BCUT2D eigenvalue weighted by Crippen LogP contribution is -2.11. The molecule has 0 saturated heterocycles. The number of amides is 1. The molecule has 1 N–H and O–H groups in total. The van der Waals surface area contributed by atoms with Crippen LogP contribution in [0.4, 0.5) is 5.69 Å². The van der Waals surface area contributed by atoms with Gasteiger partial charge in [-0.1, -0.05) is 23.2 Å². The first-order valence-corrected chi connectivity index (χ1v) is 6.79. The number of ether oxygens (including phenoxy) is 2. The van der Waals surface area contributed by atoms with E-state index in [1.165, 1.54) is 14.2 Å². The molecule has 4 nitrogen and oxygen atoms in total. The summed E-state index contributed by atoms with van der Waals surface area (Å²) < 4.78 is 10.1. The van der Waals surface area contributed by atoms with E-state index in [4.69, 9.17) is 32.7 Å². The number of hydrogen-bond donors (Lipinski definition) is 1. The van der Waals surface area contributed by atoms with Crippen LogP contribution >= 0.6 is 23.2 Å². The molecular weight excluding hydrogens is 313 g/mol. The van der Waals surface area contributed by atoms with Gasteiger partial charge in [0.25, 0.3) is 5.91 Å². The summed E-state index contributed by atoms with van der Waals surface area (Å²) in [7, 11) is 3.04. The van der Waals surface area contributed by atoms with Crippen LogP contribution in [0, 0.1) is 0 Å². The maximum atomic E-state index is 12.1. The zero-order valence-corrected chi connectivity index (χ0v) is 13.0. The Labute approximate surface area is 132 Å². The number of nitrogens with one attached hydrogen (secondary N) is 1. The first kappa shape index (κ1) is 15.5. The zero-order valence-electron chi connectivity index (χ0n) is 11.4. The van der Waals surface area contributed by atoms with E-state index < -0.39 is 0 Å². The molecule has 0 radical (unpaired) electrons. The largest absolute Gasteiger partial charge is 0.495 e. The molecule has 0 fully saturated rings. The quantitative estimate of drug-likeness (QED) is 0.913. The number of hydrogen-bond acceptors (Lipinski definition) is 3. The monoisotopic (exact) mass is 325 g/mol. The molecule has 0 spiro atoms. The number of halogens is 2. The molecule has 0 heterocycles. The third kappa shape index (κ3) is 3.60. The fraction of sp³-hybridized carbons (Fsp3) is 0.133. The normalized spacial score (nSPS) is 10.1. The maximum absolute atomic E-state index is 12.1. The average molecular weight is 326 g/mol. The molecule has 0 aliphatic heterocycles. The van der Waals surface area contributed by atoms with E-state index in [1.54, 1.807) is 36.4 Å². The number of carbonyl (C=O) groups excluding carboxylic acids is 1. The maximum Gasteiger partial charge on any atom is 0.255 e. The molecule has 2 rings (SSSR count). The highest BCUT2D eigenvalue weighted by Crippen LogP contribution is 2.28. The highest BCUT2D eigenvalue weighted by Gasteiger charge is 2.10. The van der Waals surface area contributed by atoms with E-state index in [2.05, 4.69) is 5.32 Å². The van der Waals surface area contributed by atoms with Crippen molar-refractivity contribution in [2.45, 2.75) is 0 Å². The third-order valence-corrected chi connectivity index (χ3v) is 3.41. The van der Waals surface area contributed by atoms with Crippen LogP contribution in [0.2, 0.25) is 10.0 Å². The number of carbonyl (C=O) groups is 1. The summed E-state index contributed by atoms with van der Waals surface area (Å²) >= 11 is 12.0. The van der Waals surface area contributed by atoms with E-state index in [0.29, 0.717) is 32.8 Å². The highest BCUT2D eigenvalue weighted by molar-refractivity contribution is 6.33. The van der Waals surface area contributed by atoms with Gasteiger partial charge in [0.1, 0.15) is 11.5 Å². The van der Waals surface area contributed by atoms with Crippen molar-refractivity contribution in [3.63, 3.8) is 0 Å². The fourth-order valence-corrected chi connectivity index (χ4v) is 2.27. The van der Waals surface area contributed by atoms with Crippen LogP contribution in [0.5, 0.6) is 11.5 Å². The van der Waals surface area contributed by atoms with Gasteiger partial charge in [-0.2, -0.15) is 0 Å². The molecule has 110 valence electrons. The molecule has 2 aromatic rings. The minimum absolute atomic E-state index is 0.291. The van der Waals surface area contributed by atoms with Crippen molar-refractivity contribution in [2.75, 3.05) is 19.5 Å². The molecular formula is C15H13Cl2NO3. The van der Waals surface area contributed by atoms with Crippen molar-refractivity contribution in [3.05, 3.63) is 52.0 Å². The molecule has 0 aliphatic rings. The standard InChI is InChI=1S/C15H13Cl2NO3/c1-20-13-5-3-9(7-11(13)16)15(19)18-10-4-6-14(21-2)12(17)8-10/h3-8H,1-2H3,(H,18,19). The lowest BCUT2D eigenvalue weighted by Gasteiger charge is -2.09. The number of methoxy groups -OCH3 is 2. The van der Waals surface area contributed by atoms with Gasteiger partial charge in [-0.25, -0.2) is 0 Å². The van der Waals surface area contributed by atoms with Gasteiger partial charge in [0.05, 0.1) is 24.3 Å². The van der Waals surface area contributed by atoms with Crippen LogP contribution in [0.15, 0.2) is 36.4 Å². The summed E-state index contributed by atoms with van der Waals surface area (Å²) in [6.07, 6.45) is 0. The van der Waals surface area contributed by atoms with Crippen LogP contribution in [-0.4, -0.2) is 20.1 Å². The smallest absolute Gasteiger partial charge is 0.255 e. The van der Waals surface area contributed by atoms with Gasteiger partial charge in [-0.3, -0.25) is 4.79 Å².